The first-order chi connectivity index (χ1) is 10.1. The van der Waals surface area contributed by atoms with Gasteiger partial charge >= 0.3 is 0 Å². The van der Waals surface area contributed by atoms with Crippen molar-refractivity contribution in [1.29, 1.82) is 0 Å². The van der Waals surface area contributed by atoms with Gasteiger partial charge in [0.25, 0.3) is 0 Å². The molecule has 0 saturated carbocycles. The molecular weight excluding hydrogens is 280 g/mol. The molecule has 0 fully saturated rings. The van der Waals surface area contributed by atoms with Gasteiger partial charge in [-0.25, -0.2) is 0 Å². The van der Waals surface area contributed by atoms with Crippen molar-refractivity contribution in [2.75, 3.05) is 5.32 Å². The Bertz CT molecular complexity index is 474. The molecule has 0 aliphatic rings. The number of carbonyl (C=O) groups is 1. The van der Waals surface area contributed by atoms with Crippen molar-refractivity contribution in [3.05, 3.63) is 29.8 Å². The molecule has 21 heavy (non-hydrogen) atoms. The Kier molecular flexibility index (Phi) is 7.98. The van der Waals surface area contributed by atoms with Crippen molar-refractivity contribution in [2.45, 2.75) is 58.8 Å². The van der Waals surface area contributed by atoms with E-state index in [-0.39, 0.29) is 5.91 Å². The number of rotatable bonds is 7. The number of hydrogen-bond acceptors (Lipinski definition) is 2. The summed E-state index contributed by atoms with van der Waals surface area (Å²) in [4.78, 5) is 11.8. The minimum atomic E-state index is -0.0121. The van der Waals surface area contributed by atoms with E-state index in [1.54, 1.807) is 0 Å². The molecule has 0 unspecified atom stereocenters. The summed E-state index contributed by atoms with van der Waals surface area (Å²) in [6.45, 7) is 6.47. The highest BCUT2D eigenvalue weighted by Crippen LogP contribution is 2.26. The van der Waals surface area contributed by atoms with Gasteiger partial charge in [0.1, 0.15) is 0 Å². The second kappa shape index (κ2) is 9.50. The molecule has 1 aromatic carbocycles. The Balaban J connectivity index is 2.57. The van der Waals surface area contributed by atoms with Crippen LogP contribution in [-0.4, -0.2) is 11.0 Å². The molecule has 0 radical (unpaired) electrons. The van der Waals surface area contributed by atoms with Crippen LogP contribution in [0.5, 0.6) is 0 Å². The standard InChI is InChI=1S/C17H26N2OS/c1-4-6-7-12-16(20)19-17(21)18-15-11-9-8-10-14(15)13(3)5-2/h8-11,13H,4-7,12H2,1-3H3,(H2,18,19,20,21)/t13-/m0/s1. The zero-order valence-corrected chi connectivity index (χ0v) is 14.1. The molecule has 3 nitrogen and oxygen atoms in total. The molecule has 2 N–H and O–H groups in total. The first-order valence-corrected chi connectivity index (χ1v) is 8.19. The van der Waals surface area contributed by atoms with Gasteiger partial charge in [-0.3, -0.25) is 4.79 Å². The van der Waals surface area contributed by atoms with E-state index < -0.39 is 0 Å². The molecule has 0 aliphatic carbocycles. The Hall–Kier alpha value is -1.42. The highest BCUT2D eigenvalue weighted by Gasteiger charge is 2.10. The van der Waals surface area contributed by atoms with Crippen LogP contribution >= 0.6 is 12.2 Å². The van der Waals surface area contributed by atoms with E-state index in [9.17, 15) is 4.79 Å². The molecule has 0 saturated heterocycles. The first kappa shape index (κ1) is 17.6. The number of hydrogen-bond donors (Lipinski definition) is 2. The van der Waals surface area contributed by atoms with E-state index in [4.69, 9.17) is 12.2 Å². The normalized spacial score (nSPS) is 11.8. The molecule has 1 rings (SSSR count). The Morgan fingerprint density at radius 2 is 1.95 bits per heavy atom. The van der Waals surface area contributed by atoms with Crippen LogP contribution in [0.3, 0.4) is 0 Å². The van der Waals surface area contributed by atoms with Crippen LogP contribution in [0.1, 0.15) is 64.4 Å². The van der Waals surface area contributed by atoms with Crippen LogP contribution in [0.4, 0.5) is 5.69 Å². The molecule has 116 valence electrons. The van der Waals surface area contributed by atoms with Crippen molar-refractivity contribution in [2.24, 2.45) is 0 Å². The lowest BCUT2D eigenvalue weighted by Crippen LogP contribution is -2.34. The topological polar surface area (TPSA) is 41.1 Å². The average molecular weight is 306 g/mol. The first-order valence-electron chi connectivity index (χ1n) is 7.78. The van der Waals surface area contributed by atoms with Gasteiger partial charge in [-0.15, -0.1) is 0 Å². The number of nitrogens with one attached hydrogen (secondary N) is 2. The summed E-state index contributed by atoms with van der Waals surface area (Å²) in [5, 5.41) is 6.28. The van der Waals surface area contributed by atoms with E-state index in [0.29, 0.717) is 17.5 Å². The molecule has 0 spiro atoms. The van der Waals surface area contributed by atoms with Crippen molar-refractivity contribution in [1.82, 2.24) is 5.32 Å². The lowest BCUT2D eigenvalue weighted by atomic mass is 9.97. The zero-order chi connectivity index (χ0) is 15.7. The monoisotopic (exact) mass is 306 g/mol. The SMILES string of the molecule is CCCCCC(=O)NC(=S)Nc1ccccc1[C@@H](C)CC. The van der Waals surface area contributed by atoms with Crippen LogP contribution in [-0.2, 0) is 4.79 Å². The Labute approximate surface area is 133 Å². The van der Waals surface area contributed by atoms with Gasteiger partial charge in [0.2, 0.25) is 5.91 Å². The van der Waals surface area contributed by atoms with Gasteiger partial charge in [0, 0.05) is 12.1 Å². The second-order valence-electron chi connectivity index (χ2n) is 5.36. The molecule has 1 aromatic rings. The molecular formula is C17H26N2OS. The molecule has 0 aromatic heterocycles. The number of carbonyl (C=O) groups excluding carboxylic acids is 1. The molecule has 1 amide bonds. The van der Waals surface area contributed by atoms with Crippen molar-refractivity contribution in [3.63, 3.8) is 0 Å². The molecule has 1 atom stereocenters. The van der Waals surface area contributed by atoms with Gasteiger partial charge in [0.05, 0.1) is 0 Å². The number of anilines is 1. The summed E-state index contributed by atoms with van der Waals surface area (Å²) < 4.78 is 0. The fourth-order valence-corrected chi connectivity index (χ4v) is 2.36. The van der Waals surface area contributed by atoms with Crippen LogP contribution in [0.25, 0.3) is 0 Å². The summed E-state index contributed by atoms with van der Waals surface area (Å²) >= 11 is 5.23. The maximum Gasteiger partial charge on any atom is 0.226 e. The van der Waals surface area contributed by atoms with Crippen LogP contribution < -0.4 is 10.6 Å². The van der Waals surface area contributed by atoms with Crippen molar-refractivity contribution < 1.29 is 4.79 Å². The van der Waals surface area contributed by atoms with Gasteiger partial charge in [-0.2, -0.15) is 0 Å². The summed E-state index contributed by atoms with van der Waals surface area (Å²) in [6.07, 6.45) is 4.69. The fraction of sp³-hybridized carbons (Fsp3) is 0.529. The second-order valence-corrected chi connectivity index (χ2v) is 5.76. The molecule has 0 aliphatic heterocycles. The van der Waals surface area contributed by atoms with Gasteiger partial charge in [-0.05, 0) is 42.6 Å². The van der Waals surface area contributed by atoms with Crippen LogP contribution in [0.15, 0.2) is 24.3 Å². The minimum Gasteiger partial charge on any atom is -0.332 e. The number of para-hydroxylation sites is 1. The van der Waals surface area contributed by atoms with Gasteiger partial charge in [0.15, 0.2) is 5.11 Å². The van der Waals surface area contributed by atoms with Crippen molar-refractivity contribution in [3.8, 4) is 0 Å². The highest BCUT2D eigenvalue weighted by molar-refractivity contribution is 7.80. The number of unbranched alkanes of at least 4 members (excludes halogenated alkanes) is 2. The predicted molar refractivity (Wildman–Crippen MR) is 93.7 cm³/mol. The van der Waals surface area contributed by atoms with Gasteiger partial charge in [-0.1, -0.05) is 51.8 Å². The van der Waals surface area contributed by atoms with E-state index in [0.717, 1.165) is 31.4 Å². The quantitative estimate of drug-likeness (QED) is 0.571. The summed E-state index contributed by atoms with van der Waals surface area (Å²) in [5.74, 6) is 0.443. The zero-order valence-electron chi connectivity index (χ0n) is 13.2. The lowest BCUT2D eigenvalue weighted by molar-refractivity contribution is -0.119. The van der Waals surface area contributed by atoms with Gasteiger partial charge < -0.3 is 10.6 Å². The third kappa shape index (κ3) is 6.25. The maximum absolute atomic E-state index is 11.8. The predicted octanol–water partition coefficient (Wildman–Crippen LogP) is 4.59. The third-order valence-corrected chi connectivity index (χ3v) is 3.82. The third-order valence-electron chi connectivity index (χ3n) is 3.61. The molecule has 0 heterocycles. The summed E-state index contributed by atoms with van der Waals surface area (Å²) in [5.41, 5.74) is 2.20. The number of thiocarbonyl (C=S) groups is 1. The average Bonchev–Trinajstić information content (AvgIpc) is 2.47. The Morgan fingerprint density at radius 3 is 2.62 bits per heavy atom. The number of benzene rings is 1. The highest BCUT2D eigenvalue weighted by atomic mass is 32.1. The number of amides is 1. The molecule has 0 bridgehead atoms. The van der Waals surface area contributed by atoms with E-state index in [1.165, 1.54) is 5.56 Å². The maximum atomic E-state index is 11.8. The van der Waals surface area contributed by atoms with E-state index in [1.807, 2.05) is 18.2 Å². The minimum absolute atomic E-state index is 0.0121. The largest absolute Gasteiger partial charge is 0.332 e. The fourth-order valence-electron chi connectivity index (χ4n) is 2.14. The molecule has 4 heteroatoms. The summed E-state index contributed by atoms with van der Waals surface area (Å²) in [6, 6.07) is 8.10. The van der Waals surface area contributed by atoms with E-state index in [2.05, 4.69) is 37.5 Å². The van der Waals surface area contributed by atoms with E-state index >= 15 is 0 Å². The van der Waals surface area contributed by atoms with Crippen LogP contribution in [0.2, 0.25) is 0 Å². The Morgan fingerprint density at radius 1 is 1.24 bits per heavy atom. The van der Waals surface area contributed by atoms with Crippen molar-refractivity contribution >= 4 is 28.9 Å². The van der Waals surface area contributed by atoms with Crippen LogP contribution in [0, 0.1) is 0 Å². The lowest BCUT2D eigenvalue weighted by Gasteiger charge is -2.17. The summed E-state index contributed by atoms with van der Waals surface area (Å²) in [7, 11) is 0. The smallest absolute Gasteiger partial charge is 0.226 e.